The van der Waals surface area contributed by atoms with Gasteiger partial charge in [-0.25, -0.2) is 0 Å². The average Bonchev–Trinajstić information content (AvgIpc) is 3.63. The van der Waals surface area contributed by atoms with Crippen molar-refractivity contribution in [3.8, 4) is 0 Å². The predicted octanol–water partition coefficient (Wildman–Crippen LogP) is 6.89. The lowest BCUT2D eigenvalue weighted by atomic mass is 9.67. The van der Waals surface area contributed by atoms with Gasteiger partial charge < -0.3 is 14.6 Å². The first-order valence-electron chi connectivity index (χ1n) is 14.7. The highest BCUT2D eigenvalue weighted by atomic mass is 16.5. The third-order valence-corrected chi connectivity index (χ3v) is 9.25. The molecule has 4 bridgehead atoms. The Morgan fingerprint density at radius 3 is 2.06 bits per heavy atom. The van der Waals surface area contributed by atoms with Crippen molar-refractivity contribution in [1.29, 1.82) is 0 Å². The molecular weight excluding hydrogens is 456 g/mol. The van der Waals surface area contributed by atoms with E-state index >= 15 is 0 Å². The standard InChI is InChI=1S/C13H18O2.C11H22O2.C6H12O2/c14-13(15)10-5-8-4-9(10)12-7-2-1-6(3-7)11(8)12;1-4-6-7-8-9-13-11(12)10(3)5-2;1-4-5(2)8-6(3)7/h6-12H,1-5H2,(H,14,15);10H,4-9H2,1-3H3;5H,4H2,1-3H3. The van der Waals surface area contributed by atoms with Crippen LogP contribution < -0.4 is 0 Å². The predicted molar refractivity (Wildman–Crippen MR) is 141 cm³/mol. The zero-order chi connectivity index (χ0) is 26.8. The van der Waals surface area contributed by atoms with Gasteiger partial charge in [-0.15, -0.1) is 0 Å². The lowest BCUT2D eigenvalue weighted by Crippen LogP contribution is -2.35. The van der Waals surface area contributed by atoms with Crippen LogP contribution in [0.1, 0.15) is 112 Å². The van der Waals surface area contributed by atoms with Crippen molar-refractivity contribution in [3.05, 3.63) is 0 Å². The first-order valence-corrected chi connectivity index (χ1v) is 14.7. The second-order valence-electron chi connectivity index (χ2n) is 11.7. The third kappa shape index (κ3) is 8.21. The van der Waals surface area contributed by atoms with Gasteiger partial charge in [0.2, 0.25) is 0 Å². The number of hydrogen-bond acceptors (Lipinski definition) is 5. The van der Waals surface area contributed by atoms with Crippen molar-refractivity contribution in [3.63, 3.8) is 0 Å². The first kappa shape index (κ1) is 30.6. The van der Waals surface area contributed by atoms with Gasteiger partial charge in [-0.3, -0.25) is 14.4 Å². The molecule has 0 amide bonds. The highest BCUT2D eigenvalue weighted by Gasteiger charge is 2.63. The fraction of sp³-hybridized carbons (Fsp3) is 0.900. The van der Waals surface area contributed by atoms with E-state index in [4.69, 9.17) is 9.47 Å². The molecule has 0 heterocycles. The molecule has 0 aromatic rings. The van der Waals surface area contributed by atoms with Crippen LogP contribution in [0.3, 0.4) is 0 Å². The molecule has 0 spiro atoms. The molecule has 0 aromatic heterocycles. The molecule has 0 aromatic carbocycles. The summed E-state index contributed by atoms with van der Waals surface area (Å²) in [6.45, 7) is 12.0. The number of hydrogen-bond donors (Lipinski definition) is 1. The number of esters is 2. The molecule has 6 nitrogen and oxygen atoms in total. The summed E-state index contributed by atoms with van der Waals surface area (Å²) in [5, 5.41) is 9.23. The summed E-state index contributed by atoms with van der Waals surface area (Å²) in [4.78, 5) is 32.6. The normalized spacial score (nSPS) is 32.3. The van der Waals surface area contributed by atoms with E-state index in [-0.39, 0.29) is 29.9 Å². The van der Waals surface area contributed by atoms with E-state index in [0.717, 1.165) is 55.3 Å². The van der Waals surface area contributed by atoms with Gasteiger partial charge in [0.05, 0.1) is 24.5 Å². The number of carbonyl (C=O) groups is 3. The van der Waals surface area contributed by atoms with E-state index in [1.165, 1.54) is 51.9 Å². The van der Waals surface area contributed by atoms with Gasteiger partial charge in [-0.05, 0) is 93.8 Å². The Hall–Kier alpha value is -1.59. The molecule has 9 unspecified atom stereocenters. The summed E-state index contributed by atoms with van der Waals surface area (Å²) < 4.78 is 9.86. The van der Waals surface area contributed by atoms with Crippen molar-refractivity contribution in [2.24, 2.45) is 47.3 Å². The molecule has 208 valence electrons. The summed E-state index contributed by atoms with van der Waals surface area (Å²) in [6, 6.07) is 0. The van der Waals surface area contributed by atoms with Crippen molar-refractivity contribution < 1.29 is 29.0 Å². The average molecular weight is 509 g/mol. The Morgan fingerprint density at radius 1 is 0.861 bits per heavy atom. The van der Waals surface area contributed by atoms with Crippen LogP contribution in [-0.4, -0.2) is 35.7 Å². The maximum atomic E-state index is 11.2. The highest BCUT2D eigenvalue weighted by Crippen LogP contribution is 2.68. The Morgan fingerprint density at radius 2 is 1.53 bits per heavy atom. The van der Waals surface area contributed by atoms with E-state index in [2.05, 4.69) is 6.92 Å². The molecule has 4 rings (SSSR count). The van der Waals surface area contributed by atoms with Gasteiger partial charge in [-0.2, -0.15) is 0 Å². The number of unbranched alkanes of at least 4 members (excludes halogenated alkanes) is 3. The highest BCUT2D eigenvalue weighted by molar-refractivity contribution is 5.72. The number of carbonyl (C=O) groups excluding carboxylic acids is 2. The summed E-state index contributed by atoms with van der Waals surface area (Å²) in [5.74, 6) is 4.36. The molecular formula is C30H52O6. The molecule has 6 heteroatoms. The third-order valence-electron chi connectivity index (χ3n) is 9.25. The van der Waals surface area contributed by atoms with E-state index in [1.807, 2.05) is 27.7 Å². The Kier molecular flexibility index (Phi) is 12.7. The minimum absolute atomic E-state index is 0.0237. The molecule has 4 saturated carbocycles. The van der Waals surface area contributed by atoms with E-state index in [9.17, 15) is 19.5 Å². The van der Waals surface area contributed by atoms with Gasteiger partial charge in [0.1, 0.15) is 0 Å². The zero-order valence-electron chi connectivity index (χ0n) is 23.7. The molecule has 0 saturated heterocycles. The second kappa shape index (κ2) is 15.0. The minimum atomic E-state index is -0.510. The summed E-state index contributed by atoms with van der Waals surface area (Å²) in [5.41, 5.74) is 0. The maximum absolute atomic E-state index is 11.2. The number of aliphatic carboxylic acids is 1. The topological polar surface area (TPSA) is 89.9 Å². The van der Waals surface area contributed by atoms with E-state index < -0.39 is 5.97 Å². The van der Waals surface area contributed by atoms with Gasteiger partial charge in [0.15, 0.2) is 0 Å². The Labute approximate surface area is 219 Å². The molecule has 0 radical (unpaired) electrons. The van der Waals surface area contributed by atoms with Crippen molar-refractivity contribution in [1.82, 2.24) is 0 Å². The van der Waals surface area contributed by atoms with E-state index in [0.29, 0.717) is 12.5 Å². The van der Waals surface area contributed by atoms with Gasteiger partial charge in [0.25, 0.3) is 0 Å². The Bertz CT molecular complexity index is 706. The Balaban J connectivity index is 0.000000201. The number of carboxylic acid groups (broad SMARTS) is 1. The summed E-state index contributed by atoms with van der Waals surface area (Å²) in [6.07, 6.45) is 13.0. The van der Waals surface area contributed by atoms with Crippen LogP contribution in [0.25, 0.3) is 0 Å². The summed E-state index contributed by atoms with van der Waals surface area (Å²) >= 11 is 0. The van der Waals surface area contributed by atoms with Crippen molar-refractivity contribution in [2.75, 3.05) is 6.61 Å². The molecule has 1 N–H and O–H groups in total. The number of rotatable bonds is 10. The largest absolute Gasteiger partial charge is 0.481 e. The SMILES string of the molecule is CCC(C)OC(C)=O.CCCCCCOC(=O)C(C)CC.O=C(O)C1CC2CC1C1C3CCC(C3)C21. The minimum Gasteiger partial charge on any atom is -0.481 e. The smallest absolute Gasteiger partial charge is 0.308 e. The maximum Gasteiger partial charge on any atom is 0.308 e. The lowest BCUT2D eigenvalue weighted by molar-refractivity contribution is -0.148. The number of ether oxygens (including phenoxy) is 2. The molecule has 4 aliphatic carbocycles. The van der Waals surface area contributed by atoms with Gasteiger partial charge in [-0.1, -0.05) is 47.0 Å². The van der Waals surface area contributed by atoms with Crippen LogP contribution in [0.5, 0.6) is 0 Å². The van der Waals surface area contributed by atoms with Crippen molar-refractivity contribution in [2.45, 2.75) is 118 Å². The van der Waals surface area contributed by atoms with Gasteiger partial charge >= 0.3 is 17.9 Å². The zero-order valence-corrected chi connectivity index (χ0v) is 23.7. The van der Waals surface area contributed by atoms with Crippen molar-refractivity contribution >= 4 is 17.9 Å². The fourth-order valence-electron chi connectivity index (χ4n) is 7.23. The quantitative estimate of drug-likeness (QED) is 0.196. The van der Waals surface area contributed by atoms with Gasteiger partial charge in [0, 0.05) is 6.92 Å². The van der Waals surface area contributed by atoms with Crippen LogP contribution in [0.4, 0.5) is 0 Å². The molecule has 4 fully saturated rings. The molecule has 36 heavy (non-hydrogen) atoms. The molecule has 9 atom stereocenters. The van der Waals surface area contributed by atoms with Crippen LogP contribution in [0.2, 0.25) is 0 Å². The fourth-order valence-corrected chi connectivity index (χ4v) is 7.23. The monoisotopic (exact) mass is 508 g/mol. The van der Waals surface area contributed by atoms with Crippen LogP contribution in [0, 0.1) is 47.3 Å². The first-order chi connectivity index (χ1) is 17.1. The number of fused-ring (bicyclic) bond motifs is 9. The van der Waals surface area contributed by atoms with Crippen LogP contribution in [-0.2, 0) is 23.9 Å². The second-order valence-corrected chi connectivity index (χ2v) is 11.7. The molecule has 4 aliphatic rings. The summed E-state index contributed by atoms with van der Waals surface area (Å²) in [7, 11) is 0. The lowest BCUT2D eigenvalue weighted by Gasteiger charge is -2.37. The van der Waals surface area contributed by atoms with Crippen LogP contribution >= 0.6 is 0 Å². The van der Waals surface area contributed by atoms with E-state index in [1.54, 1.807) is 0 Å². The van der Waals surface area contributed by atoms with Crippen LogP contribution in [0.15, 0.2) is 0 Å². The number of carboxylic acids is 1. The molecule has 0 aliphatic heterocycles.